The van der Waals surface area contributed by atoms with Gasteiger partial charge in [-0.25, -0.2) is 0 Å². The molecule has 4 aromatic heterocycles. The number of nitrogens with zero attached hydrogens (tertiary/aromatic N) is 6. The smallest absolute Gasteiger partial charge is 0.314 e. The van der Waals surface area contributed by atoms with Crippen LogP contribution in [0.5, 0.6) is 23.0 Å². The normalized spacial score (nSPS) is 10.7. The van der Waals surface area contributed by atoms with E-state index in [0.29, 0.717) is 66.1 Å². The van der Waals surface area contributed by atoms with Crippen molar-refractivity contribution in [3.05, 3.63) is 154 Å². The summed E-state index contributed by atoms with van der Waals surface area (Å²) in [6.07, 6.45) is 6.18. The van der Waals surface area contributed by atoms with Crippen LogP contribution in [0.3, 0.4) is 0 Å². The second-order valence-electron chi connectivity index (χ2n) is 14.6. The van der Waals surface area contributed by atoms with Crippen LogP contribution in [0.4, 0.5) is 34.1 Å². The van der Waals surface area contributed by atoms with Gasteiger partial charge in [0.25, 0.3) is 0 Å². The van der Waals surface area contributed by atoms with Crippen molar-refractivity contribution < 1.29 is 28.5 Å². The molecule has 4 heterocycles. The zero-order chi connectivity index (χ0) is 47.6. The van der Waals surface area contributed by atoms with E-state index < -0.39 is 11.8 Å². The van der Waals surface area contributed by atoms with Crippen molar-refractivity contribution in [1.29, 1.82) is 10.5 Å². The van der Waals surface area contributed by atoms with Gasteiger partial charge in [0.15, 0.2) is 0 Å². The van der Waals surface area contributed by atoms with Gasteiger partial charge in [0.1, 0.15) is 48.4 Å². The fourth-order valence-corrected chi connectivity index (χ4v) is 7.40. The third-order valence-corrected chi connectivity index (χ3v) is 10.7. The van der Waals surface area contributed by atoms with Gasteiger partial charge in [0.2, 0.25) is 0 Å². The lowest BCUT2D eigenvalue weighted by Crippen LogP contribution is -2.29. The fourth-order valence-electron chi connectivity index (χ4n) is 6.93. The summed E-state index contributed by atoms with van der Waals surface area (Å²) in [5, 5.41) is 33.6. The van der Waals surface area contributed by atoms with Crippen molar-refractivity contribution in [3.8, 4) is 35.1 Å². The third-order valence-electron chi connectivity index (χ3n) is 10.1. The molecule has 8 rings (SSSR count). The van der Waals surface area contributed by atoms with Gasteiger partial charge in [0, 0.05) is 59.1 Å². The van der Waals surface area contributed by atoms with E-state index in [2.05, 4.69) is 53.3 Å². The predicted octanol–water partition coefficient (Wildman–Crippen LogP) is 10.6. The number of hydrogen-bond acceptors (Lipinski definition) is 14. The summed E-state index contributed by atoms with van der Waals surface area (Å²) in [5.41, 5.74) is 4.73. The molecule has 0 bridgehead atoms. The van der Waals surface area contributed by atoms with Gasteiger partial charge in [-0.15, -0.1) is 0 Å². The van der Waals surface area contributed by atoms with Crippen LogP contribution < -0.4 is 40.2 Å². The minimum Gasteiger partial charge on any atom is -0.492 e. The number of hydrogen-bond donors (Lipinski definition) is 4. The topological polar surface area (TPSA) is 218 Å². The van der Waals surface area contributed by atoms with Crippen LogP contribution in [0, 0.1) is 22.7 Å². The van der Waals surface area contributed by atoms with E-state index in [0.717, 1.165) is 11.4 Å². The first-order chi connectivity index (χ1) is 33.1. The summed E-state index contributed by atoms with van der Waals surface area (Å²) >= 11 is 13.2. The van der Waals surface area contributed by atoms with E-state index in [1.807, 2.05) is 36.4 Å². The van der Waals surface area contributed by atoms with Gasteiger partial charge in [-0.05, 0) is 86.6 Å². The monoisotopic (exact) mass is 944 g/mol. The van der Waals surface area contributed by atoms with Gasteiger partial charge >= 0.3 is 11.8 Å². The molecule has 0 saturated heterocycles. The Balaban J connectivity index is 1.05. The van der Waals surface area contributed by atoms with Crippen LogP contribution in [0.15, 0.2) is 122 Å². The largest absolute Gasteiger partial charge is 0.492 e. The van der Waals surface area contributed by atoms with Gasteiger partial charge in [-0.2, -0.15) is 10.5 Å². The maximum absolute atomic E-state index is 13.8. The van der Waals surface area contributed by atoms with Gasteiger partial charge in [-0.1, -0.05) is 35.3 Å². The Morgan fingerprint density at radius 2 is 1.00 bits per heavy atom. The van der Waals surface area contributed by atoms with Gasteiger partial charge in [-0.3, -0.25) is 29.5 Å². The van der Waals surface area contributed by atoms with E-state index in [-0.39, 0.29) is 60.4 Å². The van der Waals surface area contributed by atoms with Crippen molar-refractivity contribution in [3.63, 3.8) is 0 Å². The predicted molar refractivity (Wildman–Crippen MR) is 259 cm³/mol. The number of rotatable bonds is 16. The zero-order valence-electron chi connectivity index (χ0n) is 36.3. The van der Waals surface area contributed by atoms with Crippen molar-refractivity contribution in [2.24, 2.45) is 0 Å². The first kappa shape index (κ1) is 45.9. The number of carbonyl (C=O) groups is 2. The van der Waals surface area contributed by atoms with Crippen LogP contribution in [-0.4, -0.2) is 45.0 Å². The van der Waals surface area contributed by atoms with Crippen molar-refractivity contribution in [2.45, 2.75) is 27.1 Å². The zero-order valence-corrected chi connectivity index (χ0v) is 37.8. The molecule has 0 aliphatic rings. The lowest BCUT2D eigenvalue weighted by molar-refractivity contribution is -0.133. The second-order valence-corrected chi connectivity index (χ2v) is 15.4. The molecule has 0 aliphatic carbocycles. The fraction of sp³-hybridized carbons (Fsp3) is 0.120. The number of halogens is 2. The number of ether oxygens (including phenoxy) is 4. The number of fused-ring (bicyclic) bond motifs is 2. The molecule has 16 nitrogen and oxygen atoms in total. The molecule has 0 fully saturated rings. The first-order valence-corrected chi connectivity index (χ1v) is 21.7. The van der Waals surface area contributed by atoms with Crippen LogP contribution in [0.2, 0.25) is 10.0 Å². The average molecular weight is 946 g/mol. The Hall–Kier alpha value is -8.70. The van der Waals surface area contributed by atoms with E-state index >= 15 is 0 Å². The number of nitrogens with one attached hydrogen (secondary N) is 4. The molecule has 4 N–H and O–H groups in total. The number of carbonyl (C=O) groups excluding carboxylic acids is 2. The molecule has 4 aromatic carbocycles. The standard InChI is InChI=1S/C50H38Cl2N10O6/c1-3-65-45-21-39-35(47(29(23-53)25-57-39)59-31-11-13-43(37(51)17-31)67-27-33-9-5-7-15-55-33)19-41(45)61-49(63)50(64)62-42-20-36-40(22-46(42)66-4-2)58-26-30(24-54)48(36)60-32-12-14-44(38(52)18-32)68-28-34-10-6-8-16-56-34/h5-22,25-26H,3-4,27-28H2,1-2H3,(H,57,59)(H,58,60)(H,61,63)(H,62,64). The third kappa shape index (κ3) is 10.5. The molecule has 0 spiro atoms. The van der Waals surface area contributed by atoms with E-state index in [4.69, 9.17) is 42.1 Å². The highest BCUT2D eigenvalue weighted by Gasteiger charge is 2.23. The summed E-state index contributed by atoms with van der Waals surface area (Å²) in [6, 6.07) is 31.8. The SMILES string of the molecule is CCOc1cc2ncc(C#N)c(Nc3ccc(OCc4ccccn4)c(Cl)c3)c2cc1NC(=O)C(=O)Nc1cc2c(Nc3ccc(OCc4ccccn4)c(Cl)c3)c(C#N)cnc2cc1OCC. The molecule has 0 aliphatic heterocycles. The van der Waals surface area contributed by atoms with Crippen LogP contribution in [-0.2, 0) is 22.8 Å². The summed E-state index contributed by atoms with van der Waals surface area (Å²) in [4.78, 5) is 45.1. The van der Waals surface area contributed by atoms with Crippen molar-refractivity contribution in [2.75, 3.05) is 34.5 Å². The van der Waals surface area contributed by atoms with E-state index in [9.17, 15) is 20.1 Å². The molecule has 0 atom stereocenters. The number of nitriles is 2. The number of anilines is 6. The Kier molecular flexibility index (Phi) is 14.2. The highest BCUT2D eigenvalue weighted by atomic mass is 35.5. The maximum Gasteiger partial charge on any atom is 0.314 e. The quantitative estimate of drug-likeness (QED) is 0.0663. The molecule has 18 heteroatoms. The molecule has 0 saturated carbocycles. The maximum atomic E-state index is 13.8. The van der Waals surface area contributed by atoms with Crippen molar-refractivity contribution >= 4 is 90.9 Å². The Morgan fingerprint density at radius 3 is 1.37 bits per heavy atom. The second kappa shape index (κ2) is 21.1. The summed E-state index contributed by atoms with van der Waals surface area (Å²) < 4.78 is 23.5. The van der Waals surface area contributed by atoms with Gasteiger partial charge < -0.3 is 40.2 Å². The number of benzene rings is 4. The first-order valence-electron chi connectivity index (χ1n) is 20.9. The Bertz CT molecular complexity index is 3060. The lowest BCUT2D eigenvalue weighted by atomic mass is 10.1. The lowest BCUT2D eigenvalue weighted by Gasteiger charge is -2.18. The Labute approximate surface area is 399 Å². The van der Waals surface area contributed by atoms with Crippen LogP contribution in [0.1, 0.15) is 36.4 Å². The molecular weight excluding hydrogens is 908 g/mol. The molecule has 0 unspecified atom stereocenters. The van der Waals surface area contributed by atoms with Gasteiger partial charge in [0.05, 0.1) is 79.6 Å². The number of pyridine rings is 4. The average Bonchev–Trinajstić information content (AvgIpc) is 3.35. The summed E-state index contributed by atoms with van der Waals surface area (Å²) in [6.45, 7) is 4.39. The highest BCUT2D eigenvalue weighted by molar-refractivity contribution is 6.44. The van der Waals surface area contributed by atoms with E-state index in [1.165, 1.54) is 12.4 Å². The minimum absolute atomic E-state index is 0.125. The summed E-state index contributed by atoms with van der Waals surface area (Å²) in [7, 11) is 0. The highest BCUT2D eigenvalue weighted by Crippen LogP contribution is 2.40. The Morgan fingerprint density at radius 1 is 0.559 bits per heavy atom. The molecule has 338 valence electrons. The summed E-state index contributed by atoms with van der Waals surface area (Å²) in [5.74, 6) is -0.797. The van der Waals surface area contributed by atoms with Crippen molar-refractivity contribution in [1.82, 2.24) is 19.9 Å². The molecule has 68 heavy (non-hydrogen) atoms. The van der Waals surface area contributed by atoms with Crippen LogP contribution >= 0.6 is 23.2 Å². The molecule has 2 amide bonds. The van der Waals surface area contributed by atoms with Crippen LogP contribution in [0.25, 0.3) is 21.8 Å². The molecule has 0 radical (unpaired) electrons. The molecule has 8 aromatic rings. The van der Waals surface area contributed by atoms with E-state index in [1.54, 1.807) is 86.9 Å². The number of aromatic nitrogens is 4. The molecular formula is C50H38Cl2N10O6. The minimum atomic E-state index is -1.05. The number of amides is 2.